The minimum absolute atomic E-state index is 0.0572. The van der Waals surface area contributed by atoms with Crippen LogP contribution in [0.1, 0.15) is 52.5 Å². The Morgan fingerprint density at radius 1 is 1.30 bits per heavy atom. The van der Waals surface area contributed by atoms with Gasteiger partial charge in [-0.3, -0.25) is 4.79 Å². The molecule has 1 aliphatic carbocycles. The summed E-state index contributed by atoms with van der Waals surface area (Å²) < 4.78 is 34.6. The molecule has 2 aliphatic rings. The summed E-state index contributed by atoms with van der Waals surface area (Å²) in [7, 11) is -2.12. The number of hydrogen-bond acceptors (Lipinski definition) is 5. The molecule has 1 amide bonds. The Kier molecular flexibility index (Phi) is 8.09. The highest BCUT2D eigenvalue weighted by atomic mass is 32.2. The van der Waals surface area contributed by atoms with Gasteiger partial charge in [-0.1, -0.05) is 32.6 Å². The first-order chi connectivity index (χ1) is 15.5. The zero-order valence-electron chi connectivity index (χ0n) is 20.2. The molecule has 0 aromatic heterocycles. The van der Waals surface area contributed by atoms with Crippen molar-refractivity contribution in [1.29, 1.82) is 0 Å². The van der Waals surface area contributed by atoms with Crippen LogP contribution in [0, 0.1) is 29.6 Å². The molecule has 182 valence electrons. The summed E-state index contributed by atoms with van der Waals surface area (Å²) >= 11 is 0. The number of likely N-dealkylation sites (N-methyl/N-ethyl adjacent to an activating group) is 1. The Labute approximate surface area is 198 Å². The maximum atomic E-state index is 13.5. The van der Waals surface area contributed by atoms with Gasteiger partial charge in [0.1, 0.15) is 16.7 Å². The first-order valence-electron chi connectivity index (χ1n) is 11.7. The van der Waals surface area contributed by atoms with Gasteiger partial charge in [0.05, 0.1) is 13.2 Å². The van der Waals surface area contributed by atoms with Gasteiger partial charge in [-0.05, 0) is 43.9 Å². The number of hydrogen-bond donors (Lipinski definition) is 1. The summed E-state index contributed by atoms with van der Waals surface area (Å²) in [5.74, 6) is 6.95. The second-order valence-electron chi connectivity index (χ2n) is 9.75. The highest BCUT2D eigenvalue weighted by molar-refractivity contribution is 7.89. The van der Waals surface area contributed by atoms with Crippen molar-refractivity contribution in [3.63, 3.8) is 0 Å². The molecule has 7 nitrogen and oxygen atoms in total. The molecular formula is C25H36N2O5S. The molecule has 0 spiro atoms. The van der Waals surface area contributed by atoms with Crippen LogP contribution in [0.15, 0.2) is 23.1 Å². The smallest absolute Gasteiger partial charge is 0.247 e. The number of sulfonamides is 1. The monoisotopic (exact) mass is 476 g/mol. The summed E-state index contributed by atoms with van der Waals surface area (Å²) in [5.41, 5.74) is 0.671. The number of benzene rings is 1. The lowest BCUT2D eigenvalue weighted by atomic mass is 10.0. The third-order valence-electron chi connectivity index (χ3n) is 6.21. The fourth-order valence-electron chi connectivity index (χ4n) is 3.85. The van der Waals surface area contributed by atoms with E-state index < -0.39 is 22.2 Å². The molecule has 3 atom stereocenters. The summed E-state index contributed by atoms with van der Waals surface area (Å²) in [6.45, 7) is 7.84. The fourth-order valence-corrected chi connectivity index (χ4v) is 5.67. The summed E-state index contributed by atoms with van der Waals surface area (Å²) in [4.78, 5) is 14.4. The van der Waals surface area contributed by atoms with Crippen LogP contribution in [-0.4, -0.2) is 67.5 Å². The molecule has 1 aromatic carbocycles. The van der Waals surface area contributed by atoms with Crippen molar-refractivity contribution < 1.29 is 23.1 Å². The Balaban J connectivity index is 1.99. The molecule has 8 heteroatoms. The molecule has 33 heavy (non-hydrogen) atoms. The zero-order valence-corrected chi connectivity index (χ0v) is 21.1. The lowest BCUT2D eigenvalue weighted by Gasteiger charge is -2.37. The van der Waals surface area contributed by atoms with E-state index in [0.29, 0.717) is 24.4 Å². The molecule has 0 radical (unpaired) electrons. The molecule has 0 bridgehead atoms. The van der Waals surface area contributed by atoms with Crippen molar-refractivity contribution in [2.24, 2.45) is 17.8 Å². The Morgan fingerprint density at radius 2 is 2.00 bits per heavy atom. The van der Waals surface area contributed by atoms with E-state index in [1.165, 1.54) is 10.4 Å². The van der Waals surface area contributed by atoms with Crippen molar-refractivity contribution in [1.82, 2.24) is 9.21 Å². The van der Waals surface area contributed by atoms with Crippen molar-refractivity contribution >= 4 is 15.9 Å². The van der Waals surface area contributed by atoms with E-state index in [0.717, 1.165) is 12.8 Å². The van der Waals surface area contributed by atoms with E-state index in [9.17, 15) is 18.3 Å². The standard InChI is InChI=1S/C25H36N2O5S/c1-17(2)6-7-20-10-11-24-22(12-20)32-23(15-26(5)25(29)13-21-8-9-21)18(3)14-27(19(4)16-28)33(24,30)31/h10-12,17-19,21,23,28H,8-9,13-16H2,1-5H3/t18-,19+,23-/m1/s1. The van der Waals surface area contributed by atoms with E-state index in [-0.39, 0.29) is 41.5 Å². The molecule has 0 saturated heterocycles. The Bertz CT molecular complexity index is 1020. The van der Waals surface area contributed by atoms with Gasteiger partial charge in [-0.2, -0.15) is 4.31 Å². The quantitative estimate of drug-likeness (QED) is 0.638. The number of aliphatic hydroxyl groups excluding tert-OH is 1. The minimum Gasteiger partial charge on any atom is -0.487 e. The summed E-state index contributed by atoms with van der Waals surface area (Å²) in [5, 5.41) is 9.75. The third kappa shape index (κ3) is 6.28. The van der Waals surface area contributed by atoms with Crippen molar-refractivity contribution in [3.05, 3.63) is 23.8 Å². The van der Waals surface area contributed by atoms with Gasteiger partial charge >= 0.3 is 0 Å². The number of carbonyl (C=O) groups excluding carboxylic acids is 1. The first kappa shape index (κ1) is 25.5. The number of fused-ring (bicyclic) bond motifs is 1. The van der Waals surface area contributed by atoms with Crippen molar-refractivity contribution in [2.75, 3.05) is 26.7 Å². The predicted octanol–water partition coefficient (Wildman–Crippen LogP) is 2.72. The van der Waals surface area contributed by atoms with Crippen LogP contribution in [0.2, 0.25) is 0 Å². The summed E-state index contributed by atoms with van der Waals surface area (Å²) in [6, 6.07) is 4.29. The maximum absolute atomic E-state index is 13.5. The zero-order chi connectivity index (χ0) is 24.3. The molecule has 1 N–H and O–H groups in total. The van der Waals surface area contributed by atoms with Crippen molar-refractivity contribution in [2.45, 2.75) is 64.0 Å². The Morgan fingerprint density at radius 3 is 2.61 bits per heavy atom. The summed E-state index contributed by atoms with van der Waals surface area (Å²) in [6.07, 6.45) is 2.35. The molecule has 1 saturated carbocycles. The van der Waals surface area contributed by atoms with E-state index in [1.54, 1.807) is 31.0 Å². The number of aliphatic hydroxyl groups is 1. The van der Waals surface area contributed by atoms with Crippen LogP contribution < -0.4 is 4.74 Å². The number of nitrogens with zero attached hydrogens (tertiary/aromatic N) is 2. The highest BCUT2D eigenvalue weighted by Crippen LogP contribution is 2.35. The van der Waals surface area contributed by atoms with E-state index >= 15 is 0 Å². The van der Waals surface area contributed by atoms with Crippen LogP contribution in [0.4, 0.5) is 0 Å². The van der Waals surface area contributed by atoms with E-state index in [4.69, 9.17) is 4.74 Å². The molecule has 1 aromatic rings. The van der Waals surface area contributed by atoms with Gasteiger partial charge in [0.15, 0.2) is 0 Å². The maximum Gasteiger partial charge on any atom is 0.247 e. The highest BCUT2D eigenvalue weighted by Gasteiger charge is 2.38. The van der Waals surface area contributed by atoms with Crippen LogP contribution in [0.25, 0.3) is 0 Å². The fraction of sp³-hybridized carbons (Fsp3) is 0.640. The van der Waals surface area contributed by atoms with Gasteiger partial charge in [0, 0.05) is 43.5 Å². The van der Waals surface area contributed by atoms with Gasteiger partial charge in [-0.25, -0.2) is 8.42 Å². The number of ether oxygens (including phenoxy) is 1. The normalized spacial score (nSPS) is 23.4. The van der Waals surface area contributed by atoms with Crippen LogP contribution in [-0.2, 0) is 14.8 Å². The van der Waals surface area contributed by atoms with Gasteiger partial charge < -0.3 is 14.7 Å². The Hall–Kier alpha value is -2.08. The largest absolute Gasteiger partial charge is 0.487 e. The van der Waals surface area contributed by atoms with Crippen LogP contribution >= 0.6 is 0 Å². The molecule has 3 rings (SSSR count). The van der Waals surface area contributed by atoms with Crippen LogP contribution in [0.3, 0.4) is 0 Å². The molecule has 1 heterocycles. The third-order valence-corrected chi connectivity index (χ3v) is 8.23. The van der Waals surface area contributed by atoms with E-state index in [2.05, 4.69) is 11.8 Å². The van der Waals surface area contributed by atoms with E-state index in [1.807, 2.05) is 20.8 Å². The number of carbonyl (C=O) groups is 1. The molecular weight excluding hydrogens is 440 g/mol. The first-order valence-corrected chi connectivity index (χ1v) is 13.2. The number of amides is 1. The van der Waals surface area contributed by atoms with Gasteiger partial charge in [0.2, 0.25) is 15.9 Å². The second-order valence-corrected chi connectivity index (χ2v) is 11.6. The average Bonchev–Trinajstić information content (AvgIpc) is 3.57. The minimum atomic E-state index is -3.89. The predicted molar refractivity (Wildman–Crippen MR) is 127 cm³/mol. The lowest BCUT2D eigenvalue weighted by Crippen LogP contribution is -2.50. The molecule has 0 unspecified atom stereocenters. The molecule has 1 fully saturated rings. The lowest BCUT2D eigenvalue weighted by molar-refractivity contribution is -0.131. The van der Waals surface area contributed by atoms with Crippen molar-refractivity contribution in [3.8, 4) is 17.6 Å². The van der Waals surface area contributed by atoms with Gasteiger partial charge in [-0.15, -0.1) is 0 Å². The molecule has 1 aliphatic heterocycles. The SMILES string of the molecule is CC(C)C#Cc1ccc2c(c1)O[C@H](CN(C)C(=O)CC1CC1)[C@H](C)CN([C@@H](C)CO)S2(=O)=O. The topological polar surface area (TPSA) is 87.2 Å². The number of rotatable bonds is 6. The van der Waals surface area contributed by atoms with Gasteiger partial charge in [0.25, 0.3) is 0 Å². The second kappa shape index (κ2) is 10.5. The van der Waals surface area contributed by atoms with Crippen LogP contribution in [0.5, 0.6) is 5.75 Å². The average molecular weight is 477 g/mol.